The highest BCUT2D eigenvalue weighted by molar-refractivity contribution is 7.13. The molecule has 0 spiro atoms. The fourth-order valence-electron chi connectivity index (χ4n) is 2.84. The van der Waals surface area contributed by atoms with E-state index in [-0.39, 0.29) is 0 Å². The van der Waals surface area contributed by atoms with Crippen LogP contribution in [0.2, 0.25) is 0 Å². The summed E-state index contributed by atoms with van der Waals surface area (Å²) in [7, 11) is 0. The fraction of sp³-hybridized carbons (Fsp3) is 0.533. The number of nitrogens with zero attached hydrogens (tertiary/aromatic N) is 2. The summed E-state index contributed by atoms with van der Waals surface area (Å²) in [5, 5.41) is 12.1. The average molecular weight is 292 g/mol. The molecule has 1 aliphatic rings. The number of rotatable bonds is 5. The van der Waals surface area contributed by atoms with Crippen LogP contribution in [0.15, 0.2) is 28.2 Å². The molecule has 0 aromatic carbocycles. The maximum absolute atomic E-state index is 9.06. The van der Waals surface area contributed by atoms with Gasteiger partial charge in [-0.3, -0.25) is 4.90 Å². The zero-order valence-corrected chi connectivity index (χ0v) is 12.3. The maximum atomic E-state index is 9.06. The first-order chi connectivity index (χ1) is 9.85. The Balaban J connectivity index is 1.60. The van der Waals surface area contributed by atoms with Crippen molar-refractivity contribution in [2.24, 2.45) is 5.92 Å². The molecule has 1 saturated heterocycles. The SMILES string of the molecule is OCCC1CCCN(Cc2csc(-c3ccco3)n2)C1. The molecule has 1 unspecified atom stereocenters. The molecule has 3 heterocycles. The van der Waals surface area contributed by atoms with Crippen molar-refractivity contribution < 1.29 is 9.52 Å². The van der Waals surface area contributed by atoms with E-state index in [0.717, 1.165) is 42.5 Å². The Morgan fingerprint density at radius 1 is 1.50 bits per heavy atom. The standard InChI is InChI=1S/C15H20N2O2S/c18-7-5-12-3-1-6-17(9-12)10-13-11-20-15(16-13)14-4-2-8-19-14/h2,4,8,11-12,18H,1,3,5-7,9-10H2. The molecule has 2 aromatic rings. The first-order valence-corrected chi connectivity index (χ1v) is 8.04. The van der Waals surface area contributed by atoms with Crippen LogP contribution in [0.3, 0.4) is 0 Å². The Morgan fingerprint density at radius 2 is 2.45 bits per heavy atom. The molecule has 108 valence electrons. The molecule has 1 fully saturated rings. The molecule has 2 aromatic heterocycles. The highest BCUT2D eigenvalue weighted by Gasteiger charge is 2.20. The molecule has 0 amide bonds. The molecule has 0 bridgehead atoms. The van der Waals surface area contributed by atoms with Crippen LogP contribution in [-0.4, -0.2) is 34.7 Å². The topological polar surface area (TPSA) is 49.5 Å². The molecule has 1 atom stereocenters. The zero-order chi connectivity index (χ0) is 13.8. The Morgan fingerprint density at radius 3 is 3.25 bits per heavy atom. The normalized spacial score (nSPS) is 20.4. The minimum absolute atomic E-state index is 0.303. The van der Waals surface area contributed by atoms with Crippen LogP contribution in [0.1, 0.15) is 25.0 Å². The van der Waals surface area contributed by atoms with Crippen LogP contribution in [0.25, 0.3) is 10.8 Å². The number of aliphatic hydroxyl groups is 1. The van der Waals surface area contributed by atoms with E-state index in [9.17, 15) is 0 Å². The highest BCUT2D eigenvalue weighted by Crippen LogP contribution is 2.26. The summed E-state index contributed by atoms with van der Waals surface area (Å²) in [6, 6.07) is 3.83. The lowest BCUT2D eigenvalue weighted by Gasteiger charge is -2.31. The summed E-state index contributed by atoms with van der Waals surface area (Å²) in [5.74, 6) is 1.48. The molecule has 20 heavy (non-hydrogen) atoms. The molecule has 1 N–H and O–H groups in total. The Labute approximate surface area is 123 Å². The van der Waals surface area contributed by atoms with Crippen molar-refractivity contribution in [1.29, 1.82) is 0 Å². The summed E-state index contributed by atoms with van der Waals surface area (Å²) in [5.41, 5.74) is 1.12. The molecular formula is C15H20N2O2S. The quantitative estimate of drug-likeness (QED) is 0.920. The summed E-state index contributed by atoms with van der Waals surface area (Å²) in [6.45, 7) is 3.42. The van der Waals surface area contributed by atoms with Gasteiger partial charge in [0.1, 0.15) is 0 Å². The molecule has 3 rings (SSSR count). The van der Waals surface area contributed by atoms with Gasteiger partial charge in [-0.05, 0) is 43.9 Å². The molecule has 4 nitrogen and oxygen atoms in total. The third-order valence-corrected chi connectivity index (χ3v) is 4.72. The van der Waals surface area contributed by atoms with E-state index >= 15 is 0 Å². The number of likely N-dealkylation sites (tertiary alicyclic amines) is 1. The number of thiazole rings is 1. The number of hydrogen-bond donors (Lipinski definition) is 1. The van der Waals surface area contributed by atoms with Gasteiger partial charge in [-0.1, -0.05) is 0 Å². The van der Waals surface area contributed by atoms with E-state index in [0.29, 0.717) is 12.5 Å². The van der Waals surface area contributed by atoms with Crippen LogP contribution < -0.4 is 0 Å². The number of hydrogen-bond acceptors (Lipinski definition) is 5. The predicted molar refractivity (Wildman–Crippen MR) is 79.5 cm³/mol. The minimum atomic E-state index is 0.303. The maximum Gasteiger partial charge on any atom is 0.162 e. The number of aliphatic hydroxyl groups excluding tert-OH is 1. The second-order valence-electron chi connectivity index (χ2n) is 5.38. The van der Waals surface area contributed by atoms with E-state index in [4.69, 9.17) is 9.52 Å². The summed E-state index contributed by atoms with van der Waals surface area (Å²) in [6.07, 6.45) is 5.07. The lowest BCUT2D eigenvalue weighted by Crippen LogP contribution is -2.35. The highest BCUT2D eigenvalue weighted by atomic mass is 32.1. The van der Waals surface area contributed by atoms with Gasteiger partial charge in [0.05, 0.1) is 12.0 Å². The van der Waals surface area contributed by atoms with Crippen molar-refractivity contribution >= 4 is 11.3 Å². The Hall–Kier alpha value is -1.17. The second kappa shape index (κ2) is 6.52. The molecular weight excluding hydrogens is 272 g/mol. The van der Waals surface area contributed by atoms with Crippen molar-refractivity contribution in [1.82, 2.24) is 9.88 Å². The number of aromatic nitrogens is 1. The van der Waals surface area contributed by atoms with Crippen molar-refractivity contribution in [2.45, 2.75) is 25.8 Å². The van der Waals surface area contributed by atoms with E-state index in [2.05, 4.69) is 15.3 Å². The minimum Gasteiger partial charge on any atom is -0.462 e. The van der Waals surface area contributed by atoms with Gasteiger partial charge in [0.15, 0.2) is 10.8 Å². The monoisotopic (exact) mass is 292 g/mol. The average Bonchev–Trinajstić information content (AvgIpc) is 3.10. The van der Waals surface area contributed by atoms with Crippen LogP contribution in [0.5, 0.6) is 0 Å². The van der Waals surface area contributed by atoms with Crippen molar-refractivity contribution in [3.63, 3.8) is 0 Å². The molecule has 0 aliphatic carbocycles. The van der Waals surface area contributed by atoms with E-state index in [1.165, 1.54) is 12.8 Å². The van der Waals surface area contributed by atoms with Crippen LogP contribution in [-0.2, 0) is 6.54 Å². The van der Waals surface area contributed by atoms with Crippen molar-refractivity contribution in [3.8, 4) is 10.8 Å². The predicted octanol–water partition coefficient (Wildman–Crippen LogP) is 3.00. The van der Waals surface area contributed by atoms with Gasteiger partial charge < -0.3 is 9.52 Å². The zero-order valence-electron chi connectivity index (χ0n) is 11.5. The fourth-order valence-corrected chi connectivity index (χ4v) is 3.61. The summed E-state index contributed by atoms with van der Waals surface area (Å²) >= 11 is 1.64. The molecule has 5 heteroatoms. The Bertz CT molecular complexity index is 522. The van der Waals surface area contributed by atoms with Gasteiger partial charge in [-0.25, -0.2) is 4.98 Å². The van der Waals surface area contributed by atoms with Gasteiger partial charge in [0, 0.05) is 25.1 Å². The Kier molecular flexibility index (Phi) is 4.50. The number of piperidine rings is 1. The summed E-state index contributed by atoms with van der Waals surface area (Å²) < 4.78 is 5.38. The lowest BCUT2D eigenvalue weighted by molar-refractivity contribution is 0.141. The van der Waals surface area contributed by atoms with Gasteiger partial charge in [0.25, 0.3) is 0 Å². The van der Waals surface area contributed by atoms with Crippen molar-refractivity contribution in [2.75, 3.05) is 19.7 Å². The van der Waals surface area contributed by atoms with Gasteiger partial charge >= 0.3 is 0 Å². The van der Waals surface area contributed by atoms with Gasteiger partial charge in [-0.15, -0.1) is 11.3 Å². The number of furan rings is 1. The second-order valence-corrected chi connectivity index (χ2v) is 6.24. The molecule has 0 saturated carbocycles. The van der Waals surface area contributed by atoms with Gasteiger partial charge in [0.2, 0.25) is 0 Å². The first kappa shape index (κ1) is 13.8. The lowest BCUT2D eigenvalue weighted by atomic mass is 9.95. The molecule has 0 radical (unpaired) electrons. The van der Waals surface area contributed by atoms with Crippen molar-refractivity contribution in [3.05, 3.63) is 29.5 Å². The van der Waals surface area contributed by atoms with E-state index < -0.39 is 0 Å². The molecule has 1 aliphatic heterocycles. The first-order valence-electron chi connectivity index (χ1n) is 7.16. The smallest absolute Gasteiger partial charge is 0.162 e. The van der Waals surface area contributed by atoms with Crippen LogP contribution in [0, 0.1) is 5.92 Å². The summed E-state index contributed by atoms with van der Waals surface area (Å²) in [4.78, 5) is 7.10. The third-order valence-electron chi connectivity index (χ3n) is 3.81. The van der Waals surface area contributed by atoms with E-state index in [1.807, 2.05) is 12.1 Å². The van der Waals surface area contributed by atoms with Crippen LogP contribution in [0.4, 0.5) is 0 Å². The van der Waals surface area contributed by atoms with Crippen LogP contribution >= 0.6 is 11.3 Å². The largest absolute Gasteiger partial charge is 0.462 e. The third kappa shape index (κ3) is 3.29. The van der Waals surface area contributed by atoms with Gasteiger partial charge in [-0.2, -0.15) is 0 Å². The van der Waals surface area contributed by atoms with E-state index in [1.54, 1.807) is 17.6 Å².